The van der Waals surface area contributed by atoms with Gasteiger partial charge < -0.3 is 0 Å². The maximum absolute atomic E-state index is 11.1. The first kappa shape index (κ1) is 13.6. The van der Waals surface area contributed by atoms with Gasteiger partial charge in [-0.1, -0.05) is 0 Å². The van der Waals surface area contributed by atoms with Crippen molar-refractivity contribution < 1.29 is 24.5 Å². The van der Waals surface area contributed by atoms with Gasteiger partial charge in [-0.2, -0.15) is 8.42 Å². The third-order valence-electron chi connectivity index (χ3n) is 1.59. The van der Waals surface area contributed by atoms with Gasteiger partial charge in [-0.3, -0.25) is 7.62 Å². The summed E-state index contributed by atoms with van der Waals surface area (Å²) in [6.45, 7) is 0. The molecule has 0 heterocycles. The summed E-state index contributed by atoms with van der Waals surface area (Å²) < 4.78 is 63.1. The zero-order valence-corrected chi connectivity index (χ0v) is 11.3. The molecule has 1 rings (SSSR count). The lowest BCUT2D eigenvalue weighted by Crippen LogP contribution is -2.14. The second kappa shape index (κ2) is 4.44. The van der Waals surface area contributed by atoms with Gasteiger partial charge in [0.25, 0.3) is 10.1 Å². The lowest BCUT2D eigenvalue weighted by Gasteiger charge is -2.03. The first-order valence-electron chi connectivity index (χ1n) is 3.57. The molecule has 3 N–H and O–H groups in total. The van der Waals surface area contributed by atoms with Crippen LogP contribution in [0.25, 0.3) is 0 Å². The summed E-state index contributed by atoms with van der Waals surface area (Å²) in [6.07, 6.45) is 0. The molecule has 0 saturated heterocycles. The van der Waals surface area contributed by atoms with Crippen LogP contribution in [0.1, 0.15) is 0 Å². The van der Waals surface area contributed by atoms with Crippen molar-refractivity contribution in [1.82, 2.24) is 0 Å². The third-order valence-corrected chi connectivity index (χ3v) is 5.17. The normalized spacial score (nSPS) is 12.6. The lowest BCUT2D eigenvalue weighted by molar-refractivity contribution is 0.483. The fourth-order valence-corrected chi connectivity index (χ4v) is 3.97. The van der Waals surface area contributed by atoms with Crippen LogP contribution in [-0.4, -0.2) is 21.4 Å². The van der Waals surface area contributed by atoms with Crippen LogP contribution in [0.2, 0.25) is 0 Å². The highest BCUT2D eigenvalue weighted by Crippen LogP contribution is 2.23. The topological polar surface area (TPSA) is 132 Å². The number of nitrogens with two attached hydrogens (primary N) is 1. The van der Waals surface area contributed by atoms with E-state index in [4.69, 9.17) is 9.69 Å². The van der Waals surface area contributed by atoms with E-state index < -0.39 is 51.1 Å². The van der Waals surface area contributed by atoms with Crippen LogP contribution in [-0.2, 0) is 23.2 Å². The number of sulfonamides is 1. The molecule has 0 unspecified atom stereocenters. The van der Waals surface area contributed by atoms with E-state index >= 15 is 0 Å². The molecule has 0 radical (unpaired) electrons. The first-order valence-corrected chi connectivity index (χ1v) is 8.52. The highest BCUT2D eigenvalue weighted by molar-refractivity contribution is 14.1. The average molecular weight is 379 g/mol. The van der Waals surface area contributed by atoms with Crippen LogP contribution < -0.4 is 5.14 Å². The molecule has 0 saturated carbocycles. The predicted octanol–water partition coefficient (Wildman–Crippen LogP) is 0.0665. The highest BCUT2D eigenvalue weighted by Gasteiger charge is 2.19. The molecule has 0 fully saturated rings. The van der Waals surface area contributed by atoms with Crippen molar-refractivity contribution in [2.24, 2.45) is 5.14 Å². The molecule has 1 aromatic carbocycles. The van der Waals surface area contributed by atoms with E-state index in [0.717, 1.165) is 12.1 Å². The Balaban J connectivity index is 3.65. The van der Waals surface area contributed by atoms with Crippen LogP contribution >= 0.6 is 21.2 Å². The molecule has 0 spiro atoms. The monoisotopic (exact) mass is 379 g/mol. The summed E-state index contributed by atoms with van der Waals surface area (Å²) in [5, 5.41) is 4.82. The molecule has 0 bridgehead atoms. The minimum Gasteiger partial charge on any atom is -0.282 e. The van der Waals surface area contributed by atoms with Gasteiger partial charge in [0, 0.05) is 0 Å². The number of rotatable bonds is 3. The molecule has 0 aromatic heterocycles. The van der Waals surface area contributed by atoms with Crippen LogP contribution in [0, 0.1) is 3.57 Å². The van der Waals surface area contributed by atoms with Crippen molar-refractivity contribution in [3.05, 3.63) is 21.8 Å². The van der Waals surface area contributed by atoms with Gasteiger partial charge in [-0.25, -0.2) is 13.6 Å². The number of hydrogen-bond donors (Lipinski definition) is 2. The van der Waals surface area contributed by atoms with Crippen molar-refractivity contribution >= 4 is 41.3 Å². The van der Waals surface area contributed by atoms with Gasteiger partial charge in [-0.15, -0.1) is 0 Å². The summed E-state index contributed by atoms with van der Waals surface area (Å²) in [5.74, 6) is 0. The first-order chi connectivity index (χ1) is 7.16. The number of halogens is 1. The Labute approximate surface area is 102 Å². The standard InChI is InChI=1S/C6H6INO6S2/c8-15(10,11)6-3-4(16(12,13)14)1-2-5(6)7-9/h1-3H,(H2,8,10,11)(H,12,13,14). The molecular weight excluding hydrogens is 373 g/mol. The molecule has 0 amide bonds. The van der Waals surface area contributed by atoms with Crippen molar-refractivity contribution in [3.8, 4) is 0 Å². The minimum atomic E-state index is -4.52. The quantitative estimate of drug-likeness (QED) is 0.564. The van der Waals surface area contributed by atoms with Gasteiger partial charge >= 0.3 is 0 Å². The van der Waals surface area contributed by atoms with E-state index in [2.05, 4.69) is 0 Å². The second-order valence-electron chi connectivity index (χ2n) is 2.69. The molecule has 90 valence electrons. The summed E-state index contributed by atoms with van der Waals surface area (Å²) in [4.78, 5) is -1.16. The summed E-state index contributed by atoms with van der Waals surface area (Å²) in [6, 6.07) is 2.68. The summed E-state index contributed by atoms with van der Waals surface area (Å²) >= 11 is -1.81. The minimum absolute atomic E-state index is 0.0475. The van der Waals surface area contributed by atoms with Gasteiger partial charge in [0.15, 0.2) is 21.2 Å². The molecule has 0 aliphatic heterocycles. The molecule has 16 heavy (non-hydrogen) atoms. The van der Waals surface area contributed by atoms with E-state index in [-0.39, 0.29) is 3.57 Å². The Hall–Kier alpha value is -0.430. The summed E-state index contributed by atoms with van der Waals surface area (Å²) in [5.41, 5.74) is 0. The molecule has 0 aliphatic carbocycles. The SMILES string of the molecule is NS(=O)(=O)c1cc(S(=O)(=O)O)ccc1I=O. The van der Waals surface area contributed by atoms with E-state index in [0.29, 0.717) is 6.07 Å². The molecule has 1 aromatic rings. The third kappa shape index (κ3) is 3.04. The smallest absolute Gasteiger partial charge is 0.282 e. The number of hydrogen-bond acceptors (Lipinski definition) is 5. The van der Waals surface area contributed by atoms with Crippen LogP contribution in [0.5, 0.6) is 0 Å². The van der Waals surface area contributed by atoms with E-state index in [1.54, 1.807) is 0 Å². The maximum Gasteiger partial charge on any atom is 0.294 e. The van der Waals surface area contributed by atoms with Gasteiger partial charge in [-0.05, 0) is 18.2 Å². The molecular formula is C6H6INO6S2. The van der Waals surface area contributed by atoms with Crippen LogP contribution in [0.3, 0.4) is 0 Å². The van der Waals surface area contributed by atoms with E-state index in [1.165, 1.54) is 0 Å². The number of primary sulfonamides is 1. The summed E-state index contributed by atoms with van der Waals surface area (Å²) in [7, 11) is -8.70. The maximum atomic E-state index is 11.1. The van der Waals surface area contributed by atoms with Crippen molar-refractivity contribution in [2.75, 3.05) is 0 Å². The predicted molar refractivity (Wildman–Crippen MR) is 61.0 cm³/mol. The lowest BCUT2D eigenvalue weighted by atomic mass is 10.4. The van der Waals surface area contributed by atoms with Crippen molar-refractivity contribution in [1.29, 1.82) is 0 Å². The zero-order valence-electron chi connectivity index (χ0n) is 7.49. The Morgan fingerprint density at radius 2 is 1.75 bits per heavy atom. The van der Waals surface area contributed by atoms with Crippen LogP contribution in [0.4, 0.5) is 0 Å². The van der Waals surface area contributed by atoms with Gasteiger partial charge in [0.2, 0.25) is 10.0 Å². The Morgan fingerprint density at radius 3 is 2.12 bits per heavy atom. The fraction of sp³-hybridized carbons (Fsp3) is 0. The fourth-order valence-electron chi connectivity index (χ4n) is 0.926. The Morgan fingerprint density at radius 1 is 1.19 bits per heavy atom. The average Bonchev–Trinajstić information content (AvgIpc) is 2.14. The highest BCUT2D eigenvalue weighted by atomic mass is 127. The molecule has 0 atom stereocenters. The Kier molecular flexibility index (Phi) is 3.79. The van der Waals surface area contributed by atoms with Crippen LogP contribution in [0.15, 0.2) is 28.0 Å². The largest absolute Gasteiger partial charge is 0.294 e. The van der Waals surface area contributed by atoms with E-state index in [9.17, 15) is 19.9 Å². The molecule has 0 aliphatic rings. The zero-order chi connectivity index (χ0) is 12.6. The van der Waals surface area contributed by atoms with Crippen molar-refractivity contribution in [2.45, 2.75) is 9.79 Å². The molecule has 10 heteroatoms. The van der Waals surface area contributed by atoms with E-state index in [1.807, 2.05) is 0 Å². The molecule has 7 nitrogen and oxygen atoms in total. The second-order valence-corrected chi connectivity index (χ2v) is 7.24. The van der Waals surface area contributed by atoms with Gasteiger partial charge in [0.1, 0.15) is 0 Å². The Bertz CT molecular complexity index is 635. The van der Waals surface area contributed by atoms with Gasteiger partial charge in [0.05, 0.1) is 13.4 Å². The number of benzene rings is 1. The van der Waals surface area contributed by atoms with Crippen molar-refractivity contribution in [3.63, 3.8) is 0 Å².